The van der Waals surface area contributed by atoms with E-state index in [0.717, 1.165) is 37.4 Å². The van der Waals surface area contributed by atoms with Crippen LogP contribution in [0.2, 0.25) is 0 Å². The Bertz CT molecular complexity index is 839. The first-order valence-electron chi connectivity index (χ1n) is 9.29. The molecule has 0 unspecified atom stereocenters. The molecule has 1 aromatic heterocycles. The molecule has 0 atom stereocenters. The van der Waals surface area contributed by atoms with Gasteiger partial charge in [0.1, 0.15) is 11.6 Å². The Morgan fingerprint density at radius 3 is 2.48 bits per heavy atom. The van der Waals surface area contributed by atoms with Crippen LogP contribution in [0.4, 0.5) is 29.5 Å². The average molecular weight is 425 g/mol. The molecule has 1 aromatic carbocycles. The van der Waals surface area contributed by atoms with Crippen LogP contribution in [0, 0.1) is 6.92 Å². The summed E-state index contributed by atoms with van der Waals surface area (Å²) >= 11 is -0.199. The van der Waals surface area contributed by atoms with Crippen molar-refractivity contribution in [2.45, 2.75) is 43.1 Å². The number of rotatable bonds is 5. The van der Waals surface area contributed by atoms with Crippen molar-refractivity contribution in [3.8, 4) is 0 Å². The molecule has 2 N–H and O–H groups in total. The molecule has 1 fully saturated rings. The van der Waals surface area contributed by atoms with Crippen LogP contribution in [0.5, 0.6) is 0 Å². The summed E-state index contributed by atoms with van der Waals surface area (Å²) < 4.78 is 37.1. The molecule has 0 aliphatic carbocycles. The van der Waals surface area contributed by atoms with Gasteiger partial charge < -0.3 is 15.5 Å². The Kier molecular flexibility index (Phi) is 6.83. The molecule has 0 radical (unpaired) electrons. The van der Waals surface area contributed by atoms with E-state index in [1.54, 1.807) is 0 Å². The van der Waals surface area contributed by atoms with E-state index in [1.807, 2.05) is 13.0 Å². The number of aromatic nitrogens is 2. The van der Waals surface area contributed by atoms with Crippen LogP contribution in [-0.2, 0) is 6.54 Å². The van der Waals surface area contributed by atoms with Crippen molar-refractivity contribution < 1.29 is 18.0 Å². The van der Waals surface area contributed by atoms with Gasteiger partial charge in [0.2, 0.25) is 0 Å². The van der Waals surface area contributed by atoms with Gasteiger partial charge in [0.15, 0.2) is 0 Å². The van der Waals surface area contributed by atoms with Crippen molar-refractivity contribution in [3.05, 3.63) is 41.9 Å². The first kappa shape index (κ1) is 21.2. The van der Waals surface area contributed by atoms with Crippen LogP contribution in [0.25, 0.3) is 0 Å². The molecular weight excluding hydrogens is 403 g/mol. The van der Waals surface area contributed by atoms with E-state index in [1.165, 1.54) is 30.7 Å². The highest BCUT2D eigenvalue weighted by molar-refractivity contribution is 8.00. The summed E-state index contributed by atoms with van der Waals surface area (Å²) in [5.41, 5.74) is -3.11. The summed E-state index contributed by atoms with van der Waals surface area (Å²) in [6, 6.07) is 6.92. The van der Waals surface area contributed by atoms with Crippen molar-refractivity contribution >= 4 is 29.3 Å². The largest absolute Gasteiger partial charge is 0.446 e. The number of benzene rings is 1. The third kappa shape index (κ3) is 6.81. The first-order valence-corrected chi connectivity index (χ1v) is 10.1. The molecule has 1 aliphatic heterocycles. The molecule has 10 heteroatoms. The van der Waals surface area contributed by atoms with Crippen LogP contribution in [0.1, 0.15) is 30.8 Å². The van der Waals surface area contributed by atoms with Crippen LogP contribution in [-0.4, -0.2) is 34.6 Å². The lowest BCUT2D eigenvalue weighted by Crippen LogP contribution is -2.32. The minimum Gasteiger partial charge on any atom is -0.357 e. The number of piperidine rings is 1. The van der Waals surface area contributed by atoms with Gasteiger partial charge in [-0.3, -0.25) is 0 Å². The second kappa shape index (κ2) is 9.34. The number of halogens is 3. The fourth-order valence-electron chi connectivity index (χ4n) is 3.05. The first-order chi connectivity index (χ1) is 13.8. The number of nitrogens with zero attached hydrogens (tertiary/aromatic N) is 3. The zero-order valence-corrected chi connectivity index (χ0v) is 16.7. The van der Waals surface area contributed by atoms with Gasteiger partial charge in [-0.15, -0.1) is 0 Å². The number of aryl methyl sites for hydroxylation is 1. The molecule has 0 spiro atoms. The third-order valence-electron chi connectivity index (χ3n) is 4.32. The number of urea groups is 1. The number of nitrogens with one attached hydrogen (secondary N) is 2. The summed E-state index contributed by atoms with van der Waals surface area (Å²) in [7, 11) is 0. The van der Waals surface area contributed by atoms with Gasteiger partial charge in [0, 0.05) is 35.4 Å². The molecule has 2 amide bonds. The number of alkyl halides is 3. The summed E-state index contributed by atoms with van der Waals surface area (Å²) in [4.78, 5) is 23.3. The van der Waals surface area contributed by atoms with Crippen molar-refractivity contribution in [1.29, 1.82) is 0 Å². The topological polar surface area (TPSA) is 70.2 Å². The lowest BCUT2D eigenvalue weighted by molar-refractivity contribution is -0.0328. The molecule has 2 heterocycles. The average Bonchev–Trinajstić information content (AvgIpc) is 2.67. The standard InChI is InChI=1S/C19H22F3N5OS/c1-13-11-17(27-9-3-2-4-10-27)26-16(24-13)12-23-18(28)25-14-5-7-15(8-6-14)29-19(20,21)22/h5-8,11H,2-4,9-10,12H2,1H3,(H2,23,25,28). The van der Waals surface area contributed by atoms with Crippen molar-refractivity contribution in [2.75, 3.05) is 23.3 Å². The lowest BCUT2D eigenvalue weighted by atomic mass is 10.1. The Morgan fingerprint density at radius 2 is 1.83 bits per heavy atom. The minimum atomic E-state index is -4.34. The quantitative estimate of drug-likeness (QED) is 0.679. The molecule has 3 rings (SSSR count). The van der Waals surface area contributed by atoms with E-state index in [9.17, 15) is 18.0 Å². The van der Waals surface area contributed by atoms with Gasteiger partial charge >= 0.3 is 11.5 Å². The fourth-order valence-corrected chi connectivity index (χ4v) is 3.59. The van der Waals surface area contributed by atoms with Gasteiger partial charge in [0.25, 0.3) is 0 Å². The molecule has 0 saturated carbocycles. The zero-order valence-electron chi connectivity index (χ0n) is 15.9. The third-order valence-corrected chi connectivity index (χ3v) is 5.06. The maximum absolute atomic E-state index is 12.4. The zero-order chi connectivity index (χ0) is 20.9. The Balaban J connectivity index is 1.54. The van der Waals surface area contributed by atoms with Gasteiger partial charge in [-0.1, -0.05) is 0 Å². The van der Waals surface area contributed by atoms with E-state index in [-0.39, 0.29) is 23.2 Å². The van der Waals surface area contributed by atoms with Crippen molar-refractivity contribution in [2.24, 2.45) is 0 Å². The Morgan fingerprint density at radius 1 is 1.14 bits per heavy atom. The van der Waals surface area contributed by atoms with Gasteiger partial charge in [0.05, 0.1) is 6.54 Å². The highest BCUT2D eigenvalue weighted by atomic mass is 32.2. The highest BCUT2D eigenvalue weighted by Crippen LogP contribution is 2.37. The second-order valence-electron chi connectivity index (χ2n) is 6.71. The number of thioether (sulfide) groups is 1. The summed E-state index contributed by atoms with van der Waals surface area (Å²) in [5, 5.41) is 5.27. The van der Waals surface area contributed by atoms with Crippen LogP contribution < -0.4 is 15.5 Å². The maximum atomic E-state index is 12.4. The monoisotopic (exact) mass is 425 g/mol. The number of anilines is 2. The molecular formula is C19H22F3N5OS. The summed E-state index contributed by atoms with van der Waals surface area (Å²) in [6.45, 7) is 3.97. The van der Waals surface area contributed by atoms with E-state index in [2.05, 4.69) is 25.5 Å². The predicted molar refractivity (Wildman–Crippen MR) is 107 cm³/mol. The number of hydrogen-bond acceptors (Lipinski definition) is 5. The number of carbonyl (C=O) groups is 1. The molecule has 2 aromatic rings. The van der Waals surface area contributed by atoms with E-state index in [0.29, 0.717) is 11.5 Å². The van der Waals surface area contributed by atoms with Crippen LogP contribution >= 0.6 is 11.8 Å². The lowest BCUT2D eigenvalue weighted by Gasteiger charge is -2.28. The molecule has 1 aliphatic rings. The molecule has 1 saturated heterocycles. The smallest absolute Gasteiger partial charge is 0.357 e. The van der Waals surface area contributed by atoms with Gasteiger partial charge in [-0.05, 0) is 62.2 Å². The highest BCUT2D eigenvalue weighted by Gasteiger charge is 2.29. The normalized spacial score (nSPS) is 14.6. The second-order valence-corrected chi connectivity index (χ2v) is 7.85. The SMILES string of the molecule is Cc1cc(N2CCCCC2)nc(CNC(=O)Nc2ccc(SC(F)(F)F)cc2)n1. The van der Waals surface area contributed by atoms with Crippen molar-refractivity contribution in [1.82, 2.24) is 15.3 Å². The molecule has 156 valence electrons. The molecule has 6 nitrogen and oxygen atoms in total. The van der Waals surface area contributed by atoms with Crippen molar-refractivity contribution in [3.63, 3.8) is 0 Å². The summed E-state index contributed by atoms with van der Waals surface area (Å²) in [6.07, 6.45) is 3.50. The number of carbonyl (C=O) groups excluding carboxylic acids is 1. The predicted octanol–water partition coefficient (Wildman–Crippen LogP) is 4.71. The number of hydrogen-bond donors (Lipinski definition) is 2. The minimum absolute atomic E-state index is 0.0573. The number of amides is 2. The fraction of sp³-hybridized carbons (Fsp3) is 0.421. The van der Waals surface area contributed by atoms with Gasteiger partial charge in [-0.2, -0.15) is 13.2 Å². The molecule has 29 heavy (non-hydrogen) atoms. The Labute approximate surface area is 171 Å². The van der Waals surface area contributed by atoms with Crippen LogP contribution in [0.3, 0.4) is 0 Å². The Hall–Kier alpha value is -2.49. The maximum Gasteiger partial charge on any atom is 0.446 e. The van der Waals surface area contributed by atoms with E-state index < -0.39 is 11.5 Å². The molecule has 0 bridgehead atoms. The van der Waals surface area contributed by atoms with E-state index >= 15 is 0 Å². The van der Waals surface area contributed by atoms with Gasteiger partial charge in [-0.25, -0.2) is 14.8 Å². The summed E-state index contributed by atoms with van der Waals surface area (Å²) in [5.74, 6) is 1.38. The van der Waals surface area contributed by atoms with Crippen LogP contribution in [0.15, 0.2) is 35.2 Å². The van der Waals surface area contributed by atoms with E-state index in [4.69, 9.17) is 0 Å².